The molecule has 2 amide bonds. The number of hydrogen-bond donors (Lipinski definition) is 0. The first kappa shape index (κ1) is 18.8. The molecule has 1 aliphatic heterocycles. The molecule has 29 heavy (non-hydrogen) atoms. The Hall–Kier alpha value is -3.55. The van der Waals surface area contributed by atoms with Gasteiger partial charge in [-0.2, -0.15) is 5.10 Å². The molecule has 4 rings (SSSR count). The molecule has 1 aliphatic rings. The van der Waals surface area contributed by atoms with Crippen LogP contribution >= 0.6 is 0 Å². The molecule has 1 saturated heterocycles. The lowest BCUT2D eigenvalue weighted by Crippen LogP contribution is -2.50. The smallest absolute Gasteiger partial charge is 0.274 e. The summed E-state index contributed by atoms with van der Waals surface area (Å²) in [5.41, 5.74) is 1.36. The van der Waals surface area contributed by atoms with Crippen LogP contribution in [-0.4, -0.2) is 57.6 Å². The first-order valence-electron chi connectivity index (χ1n) is 9.17. The molecule has 0 saturated carbocycles. The van der Waals surface area contributed by atoms with E-state index in [1.165, 1.54) is 41.1 Å². The van der Waals surface area contributed by atoms with Gasteiger partial charge in [-0.05, 0) is 54.6 Å². The van der Waals surface area contributed by atoms with Gasteiger partial charge in [0.1, 0.15) is 11.6 Å². The van der Waals surface area contributed by atoms with Crippen molar-refractivity contribution in [2.75, 3.05) is 26.2 Å². The Morgan fingerprint density at radius 3 is 1.83 bits per heavy atom. The lowest BCUT2D eigenvalue weighted by atomic mass is 10.1. The molecule has 148 valence electrons. The van der Waals surface area contributed by atoms with Crippen molar-refractivity contribution >= 4 is 11.8 Å². The number of rotatable bonds is 3. The van der Waals surface area contributed by atoms with E-state index in [4.69, 9.17) is 0 Å². The lowest BCUT2D eigenvalue weighted by molar-refractivity contribution is 0.0532. The minimum atomic E-state index is -0.392. The van der Waals surface area contributed by atoms with Crippen LogP contribution in [-0.2, 0) is 0 Å². The zero-order valence-corrected chi connectivity index (χ0v) is 15.5. The number of piperazine rings is 1. The third-order valence-corrected chi connectivity index (χ3v) is 4.84. The van der Waals surface area contributed by atoms with E-state index in [0.29, 0.717) is 37.4 Å². The standard InChI is InChI=1S/C21H18F2N4O2/c22-16-3-1-15(2-4-16)20(28)25-11-13-26(14-12-25)21(29)19-9-10-27(24-19)18-7-5-17(23)6-8-18/h1-10H,11-14H2. The average Bonchev–Trinajstić information content (AvgIpc) is 3.24. The summed E-state index contributed by atoms with van der Waals surface area (Å²) in [5.74, 6) is -1.14. The van der Waals surface area contributed by atoms with Gasteiger partial charge in [0.2, 0.25) is 0 Å². The van der Waals surface area contributed by atoms with Gasteiger partial charge in [-0.25, -0.2) is 13.5 Å². The van der Waals surface area contributed by atoms with E-state index in [1.54, 1.807) is 34.2 Å². The number of amides is 2. The van der Waals surface area contributed by atoms with Gasteiger partial charge in [0.15, 0.2) is 5.69 Å². The summed E-state index contributed by atoms with van der Waals surface area (Å²) in [7, 11) is 0. The molecule has 2 aromatic carbocycles. The maximum Gasteiger partial charge on any atom is 0.274 e. The van der Waals surface area contributed by atoms with Crippen LogP contribution in [0.15, 0.2) is 60.8 Å². The molecule has 2 heterocycles. The van der Waals surface area contributed by atoms with Crippen molar-refractivity contribution in [1.29, 1.82) is 0 Å². The van der Waals surface area contributed by atoms with E-state index in [2.05, 4.69) is 5.10 Å². The maximum atomic E-state index is 13.1. The normalized spacial score (nSPS) is 14.1. The fourth-order valence-electron chi connectivity index (χ4n) is 3.23. The molecule has 8 heteroatoms. The van der Waals surface area contributed by atoms with Crippen molar-refractivity contribution in [1.82, 2.24) is 19.6 Å². The Labute approximate surface area is 166 Å². The minimum absolute atomic E-state index is 0.183. The van der Waals surface area contributed by atoms with Crippen LogP contribution in [0.25, 0.3) is 5.69 Å². The fourth-order valence-corrected chi connectivity index (χ4v) is 3.23. The summed E-state index contributed by atoms with van der Waals surface area (Å²) in [4.78, 5) is 28.5. The number of hydrogen-bond acceptors (Lipinski definition) is 3. The van der Waals surface area contributed by atoms with Gasteiger partial charge in [-0.15, -0.1) is 0 Å². The van der Waals surface area contributed by atoms with E-state index in [-0.39, 0.29) is 23.3 Å². The SMILES string of the molecule is O=C(c1ccc(F)cc1)N1CCN(C(=O)c2ccn(-c3ccc(F)cc3)n2)CC1. The summed E-state index contributed by atoms with van der Waals surface area (Å²) in [5, 5.41) is 4.28. The first-order chi connectivity index (χ1) is 14.0. The molecule has 0 radical (unpaired) electrons. The van der Waals surface area contributed by atoms with Gasteiger partial charge in [0.05, 0.1) is 5.69 Å². The summed E-state index contributed by atoms with van der Waals surface area (Å²) >= 11 is 0. The highest BCUT2D eigenvalue weighted by Crippen LogP contribution is 2.14. The average molecular weight is 396 g/mol. The molecule has 1 aromatic heterocycles. The van der Waals surface area contributed by atoms with Crippen molar-refractivity contribution in [2.45, 2.75) is 0 Å². The number of halogens is 2. The third kappa shape index (κ3) is 4.01. The predicted molar refractivity (Wildman–Crippen MR) is 102 cm³/mol. The molecule has 1 fully saturated rings. The second-order valence-corrected chi connectivity index (χ2v) is 6.71. The molecular weight excluding hydrogens is 378 g/mol. The van der Waals surface area contributed by atoms with Crippen LogP contribution in [0.1, 0.15) is 20.8 Å². The summed E-state index contributed by atoms with van der Waals surface area (Å²) in [6.07, 6.45) is 1.65. The highest BCUT2D eigenvalue weighted by atomic mass is 19.1. The van der Waals surface area contributed by atoms with Gasteiger partial charge in [0.25, 0.3) is 11.8 Å². The molecule has 0 aliphatic carbocycles. The van der Waals surface area contributed by atoms with Gasteiger partial charge >= 0.3 is 0 Å². The van der Waals surface area contributed by atoms with Crippen LogP contribution in [0.3, 0.4) is 0 Å². The molecule has 0 atom stereocenters. The van der Waals surface area contributed by atoms with E-state index < -0.39 is 5.82 Å². The van der Waals surface area contributed by atoms with Crippen LogP contribution in [0, 0.1) is 11.6 Å². The largest absolute Gasteiger partial charge is 0.335 e. The van der Waals surface area contributed by atoms with Crippen LogP contribution in [0.5, 0.6) is 0 Å². The van der Waals surface area contributed by atoms with Crippen molar-refractivity contribution in [2.24, 2.45) is 0 Å². The second kappa shape index (κ2) is 7.83. The van der Waals surface area contributed by atoms with Crippen LogP contribution in [0.4, 0.5) is 8.78 Å². The zero-order valence-electron chi connectivity index (χ0n) is 15.5. The minimum Gasteiger partial charge on any atom is -0.335 e. The Morgan fingerprint density at radius 2 is 1.24 bits per heavy atom. The van der Waals surface area contributed by atoms with Crippen LogP contribution in [0.2, 0.25) is 0 Å². The van der Waals surface area contributed by atoms with Crippen LogP contribution < -0.4 is 0 Å². The molecule has 0 bridgehead atoms. The highest BCUT2D eigenvalue weighted by Gasteiger charge is 2.26. The Balaban J connectivity index is 1.38. The number of nitrogens with zero attached hydrogens (tertiary/aromatic N) is 4. The van der Waals surface area contributed by atoms with E-state index in [0.717, 1.165) is 0 Å². The molecule has 0 unspecified atom stereocenters. The van der Waals surface area contributed by atoms with Crippen molar-refractivity contribution in [3.63, 3.8) is 0 Å². The Bertz CT molecular complexity index is 1020. The second-order valence-electron chi connectivity index (χ2n) is 6.71. The fraction of sp³-hybridized carbons (Fsp3) is 0.190. The topological polar surface area (TPSA) is 58.4 Å². The Morgan fingerprint density at radius 1 is 0.724 bits per heavy atom. The highest BCUT2D eigenvalue weighted by molar-refractivity contribution is 5.95. The van der Waals surface area contributed by atoms with Gasteiger partial charge in [-0.1, -0.05) is 0 Å². The number of aromatic nitrogens is 2. The van der Waals surface area contributed by atoms with Crippen molar-refractivity contribution < 1.29 is 18.4 Å². The van der Waals surface area contributed by atoms with E-state index in [1.807, 2.05) is 0 Å². The van der Waals surface area contributed by atoms with Gasteiger partial charge < -0.3 is 9.80 Å². The van der Waals surface area contributed by atoms with Gasteiger partial charge in [0, 0.05) is 37.9 Å². The van der Waals surface area contributed by atoms with Gasteiger partial charge in [-0.3, -0.25) is 9.59 Å². The maximum absolute atomic E-state index is 13.1. The molecule has 0 spiro atoms. The number of benzene rings is 2. The molecule has 6 nitrogen and oxygen atoms in total. The summed E-state index contributed by atoms with van der Waals surface area (Å²) < 4.78 is 27.6. The molecule has 3 aromatic rings. The Kier molecular flexibility index (Phi) is 5.07. The first-order valence-corrected chi connectivity index (χ1v) is 9.17. The predicted octanol–water partition coefficient (Wildman–Crippen LogP) is 2.75. The summed E-state index contributed by atoms with van der Waals surface area (Å²) in [6, 6.07) is 12.9. The van der Waals surface area contributed by atoms with Crippen molar-refractivity contribution in [3.05, 3.63) is 83.7 Å². The van der Waals surface area contributed by atoms with E-state index >= 15 is 0 Å². The summed E-state index contributed by atoms with van der Waals surface area (Å²) in [6.45, 7) is 1.55. The quantitative estimate of drug-likeness (QED) is 0.684. The van der Waals surface area contributed by atoms with Crippen molar-refractivity contribution in [3.8, 4) is 5.69 Å². The third-order valence-electron chi connectivity index (χ3n) is 4.84. The van der Waals surface area contributed by atoms with E-state index in [9.17, 15) is 18.4 Å². The molecular formula is C21H18F2N4O2. The lowest BCUT2D eigenvalue weighted by Gasteiger charge is -2.34. The zero-order chi connectivity index (χ0) is 20.4. The monoisotopic (exact) mass is 396 g/mol. The number of carbonyl (C=O) groups excluding carboxylic acids is 2. The molecule has 0 N–H and O–H groups in total. The number of carbonyl (C=O) groups is 2.